The number of hydrogen-bond acceptors (Lipinski definition) is 2. The van der Waals surface area contributed by atoms with Crippen molar-refractivity contribution in [1.29, 1.82) is 0 Å². The quantitative estimate of drug-likeness (QED) is 0.594. The molecular formula is C8H19LiN2O2. The Bertz CT molecular complexity index is 124. The van der Waals surface area contributed by atoms with Gasteiger partial charge in [-0.3, -0.25) is 9.59 Å². The van der Waals surface area contributed by atoms with Gasteiger partial charge >= 0.3 is 18.9 Å². The van der Waals surface area contributed by atoms with E-state index in [0.29, 0.717) is 12.8 Å². The molecule has 2 amide bonds. The van der Waals surface area contributed by atoms with E-state index in [1.54, 1.807) is 0 Å². The third-order valence-electron chi connectivity index (χ3n) is 0.993. The average Bonchev–Trinajstić information content (AvgIpc) is 1.87. The minimum atomic E-state index is -0.211. The van der Waals surface area contributed by atoms with Crippen LogP contribution in [0.3, 0.4) is 0 Å². The predicted molar refractivity (Wildman–Crippen MR) is 55.4 cm³/mol. The topological polar surface area (TPSA) is 86.2 Å². The molecule has 74 valence electrons. The molecule has 0 aromatic heterocycles. The number of rotatable bonds is 4. The van der Waals surface area contributed by atoms with Crippen LogP contribution in [-0.2, 0) is 9.59 Å². The summed E-state index contributed by atoms with van der Waals surface area (Å²) in [6.07, 6.45) is 2.74. The fraction of sp³-hybridized carbons (Fsp3) is 0.750. The molecule has 0 saturated carbocycles. The third kappa shape index (κ3) is 34.2. The molecule has 0 aromatic rings. The number of nitrogens with two attached hydrogens (primary N) is 2. The van der Waals surface area contributed by atoms with E-state index in [4.69, 9.17) is 11.5 Å². The molecule has 0 aliphatic carbocycles. The van der Waals surface area contributed by atoms with Crippen molar-refractivity contribution >= 4 is 30.7 Å². The molecule has 4 nitrogen and oxygen atoms in total. The van der Waals surface area contributed by atoms with Gasteiger partial charge in [-0.1, -0.05) is 13.8 Å². The summed E-state index contributed by atoms with van der Waals surface area (Å²) in [6, 6.07) is 0. The van der Waals surface area contributed by atoms with E-state index in [0.717, 1.165) is 12.8 Å². The number of carbonyl (C=O) groups excluding carboxylic acids is 2. The standard InChI is InChI=1S/2C4H9NO.Li.H/c2*1-2-3-4(5)6;;/h2*2-3H2,1H3,(H2,5,6);;. The predicted octanol–water partition coefficient (Wildman–Crippen LogP) is -0.105. The summed E-state index contributed by atoms with van der Waals surface area (Å²) in [4.78, 5) is 19.6. The van der Waals surface area contributed by atoms with Crippen LogP contribution >= 0.6 is 0 Å². The number of primary amides is 2. The van der Waals surface area contributed by atoms with Crippen molar-refractivity contribution < 1.29 is 9.59 Å². The molecule has 0 heterocycles. The summed E-state index contributed by atoms with van der Waals surface area (Å²) in [7, 11) is 0. The summed E-state index contributed by atoms with van der Waals surface area (Å²) in [5.74, 6) is -0.421. The van der Waals surface area contributed by atoms with Crippen molar-refractivity contribution in [3.63, 3.8) is 0 Å². The average molecular weight is 182 g/mol. The molecule has 0 rings (SSSR count). The molecule has 13 heavy (non-hydrogen) atoms. The summed E-state index contributed by atoms with van der Waals surface area (Å²) in [5.41, 5.74) is 9.53. The first-order valence-electron chi connectivity index (χ1n) is 4.11. The molecule has 5 heteroatoms. The van der Waals surface area contributed by atoms with Gasteiger partial charge in [0.05, 0.1) is 0 Å². The van der Waals surface area contributed by atoms with Crippen LogP contribution in [0.1, 0.15) is 39.5 Å². The molecule has 4 N–H and O–H groups in total. The van der Waals surface area contributed by atoms with Crippen LogP contribution in [0.5, 0.6) is 0 Å². The van der Waals surface area contributed by atoms with Crippen LogP contribution < -0.4 is 11.5 Å². The number of amides is 2. The third-order valence-corrected chi connectivity index (χ3v) is 0.993. The summed E-state index contributed by atoms with van der Waals surface area (Å²) < 4.78 is 0. The Balaban J connectivity index is -0.000000143. The van der Waals surface area contributed by atoms with Gasteiger partial charge < -0.3 is 11.5 Å². The molecule has 0 aromatic carbocycles. The molecule has 0 atom stereocenters. The summed E-state index contributed by atoms with van der Waals surface area (Å²) in [6.45, 7) is 3.84. The van der Waals surface area contributed by atoms with Crippen molar-refractivity contribution in [2.75, 3.05) is 0 Å². The summed E-state index contributed by atoms with van der Waals surface area (Å²) >= 11 is 0. The van der Waals surface area contributed by atoms with E-state index < -0.39 is 0 Å². The second-order valence-corrected chi connectivity index (χ2v) is 2.43. The fourth-order valence-electron chi connectivity index (χ4n) is 0.493. The molecule has 0 saturated heterocycles. The van der Waals surface area contributed by atoms with Crippen molar-refractivity contribution in [3.8, 4) is 0 Å². The zero-order valence-electron chi connectivity index (χ0n) is 7.80. The Hall–Kier alpha value is -0.463. The van der Waals surface area contributed by atoms with Crippen molar-refractivity contribution in [3.05, 3.63) is 0 Å². The summed E-state index contributed by atoms with van der Waals surface area (Å²) in [5, 5.41) is 0. The molecule has 0 spiro atoms. The molecule has 0 fully saturated rings. The van der Waals surface area contributed by atoms with Crippen LogP contribution in [0.15, 0.2) is 0 Å². The monoisotopic (exact) mass is 182 g/mol. The first-order valence-corrected chi connectivity index (χ1v) is 4.11. The van der Waals surface area contributed by atoms with Gasteiger partial charge in [0, 0.05) is 12.8 Å². The van der Waals surface area contributed by atoms with Gasteiger partial charge in [0.2, 0.25) is 11.8 Å². The first kappa shape index (κ1) is 18.3. The molecule has 0 unspecified atom stereocenters. The SMILES string of the molecule is CCCC(N)=O.CCCC(N)=O.[LiH]. The Labute approximate surface area is 91.6 Å². The number of hydrogen-bond donors (Lipinski definition) is 2. The van der Waals surface area contributed by atoms with E-state index in [2.05, 4.69) is 0 Å². The van der Waals surface area contributed by atoms with Crippen molar-refractivity contribution in [2.45, 2.75) is 39.5 Å². The molecule has 0 aliphatic heterocycles. The zero-order chi connectivity index (χ0) is 9.98. The maximum absolute atomic E-state index is 9.82. The van der Waals surface area contributed by atoms with Gasteiger partial charge in [-0.15, -0.1) is 0 Å². The van der Waals surface area contributed by atoms with Crippen LogP contribution in [0.4, 0.5) is 0 Å². The van der Waals surface area contributed by atoms with E-state index in [-0.39, 0.29) is 30.7 Å². The minimum absolute atomic E-state index is 0. The van der Waals surface area contributed by atoms with Crippen LogP contribution in [0.2, 0.25) is 0 Å². The normalized spacial score (nSPS) is 7.54. The van der Waals surface area contributed by atoms with E-state index in [1.807, 2.05) is 13.8 Å². The van der Waals surface area contributed by atoms with Gasteiger partial charge in [-0.25, -0.2) is 0 Å². The second kappa shape index (κ2) is 14.1. The Morgan fingerprint density at radius 1 is 0.923 bits per heavy atom. The maximum atomic E-state index is 9.82. The van der Waals surface area contributed by atoms with Crippen LogP contribution in [-0.4, -0.2) is 30.7 Å². The van der Waals surface area contributed by atoms with Gasteiger partial charge in [-0.05, 0) is 12.8 Å². The molecular weight excluding hydrogens is 163 g/mol. The Morgan fingerprint density at radius 2 is 1.15 bits per heavy atom. The van der Waals surface area contributed by atoms with E-state index in [9.17, 15) is 9.59 Å². The molecule has 0 bridgehead atoms. The zero-order valence-corrected chi connectivity index (χ0v) is 7.80. The van der Waals surface area contributed by atoms with Gasteiger partial charge in [0.15, 0.2) is 0 Å². The van der Waals surface area contributed by atoms with Crippen molar-refractivity contribution in [2.24, 2.45) is 11.5 Å². The van der Waals surface area contributed by atoms with Crippen molar-refractivity contribution in [1.82, 2.24) is 0 Å². The van der Waals surface area contributed by atoms with E-state index >= 15 is 0 Å². The van der Waals surface area contributed by atoms with Gasteiger partial charge in [0.25, 0.3) is 0 Å². The fourth-order valence-corrected chi connectivity index (χ4v) is 0.493. The molecule has 0 radical (unpaired) electrons. The van der Waals surface area contributed by atoms with E-state index in [1.165, 1.54) is 0 Å². The number of carbonyl (C=O) groups is 2. The molecule has 0 aliphatic rings. The first-order chi connectivity index (χ1) is 5.54. The second-order valence-electron chi connectivity index (χ2n) is 2.43. The Kier molecular flexibility index (Phi) is 19.9. The Morgan fingerprint density at radius 3 is 1.15 bits per heavy atom. The van der Waals surface area contributed by atoms with Crippen LogP contribution in [0.25, 0.3) is 0 Å². The van der Waals surface area contributed by atoms with Gasteiger partial charge in [0.1, 0.15) is 0 Å². The van der Waals surface area contributed by atoms with Gasteiger partial charge in [-0.2, -0.15) is 0 Å². The van der Waals surface area contributed by atoms with Crippen LogP contribution in [0, 0.1) is 0 Å².